The molecule has 4 heteroatoms. The Hall–Kier alpha value is -1.84. The normalized spacial score (nSPS) is 18.7. The number of carbonyl (C=O) groups excluding carboxylic acids is 2. The summed E-state index contributed by atoms with van der Waals surface area (Å²) >= 11 is 0. The Bertz CT molecular complexity index is 515. The standard InChI is InChI=1S/C19H28N2O2/c1-3-8-18(22)21-14-7-11-17(21)19(23)20-13-12-15(2)16-9-5-4-6-10-16/h4-6,9-10,15,17H,3,7-8,11-14H2,1-2H3,(H,20,23). The van der Waals surface area contributed by atoms with Crippen molar-refractivity contribution in [2.75, 3.05) is 13.1 Å². The molecule has 4 nitrogen and oxygen atoms in total. The monoisotopic (exact) mass is 316 g/mol. The number of benzene rings is 1. The van der Waals surface area contributed by atoms with Crippen LogP contribution in [0.5, 0.6) is 0 Å². The summed E-state index contributed by atoms with van der Waals surface area (Å²) in [5.74, 6) is 0.535. The maximum Gasteiger partial charge on any atom is 0.242 e. The van der Waals surface area contributed by atoms with Crippen LogP contribution < -0.4 is 5.32 Å². The lowest BCUT2D eigenvalue weighted by atomic mass is 9.98. The molecule has 1 aromatic rings. The first kappa shape index (κ1) is 17.5. The van der Waals surface area contributed by atoms with E-state index in [9.17, 15) is 9.59 Å². The van der Waals surface area contributed by atoms with E-state index in [0.29, 0.717) is 18.9 Å². The van der Waals surface area contributed by atoms with Crippen LogP contribution in [0.2, 0.25) is 0 Å². The highest BCUT2D eigenvalue weighted by molar-refractivity contribution is 5.88. The van der Waals surface area contributed by atoms with Crippen molar-refractivity contribution >= 4 is 11.8 Å². The van der Waals surface area contributed by atoms with E-state index in [1.807, 2.05) is 25.1 Å². The van der Waals surface area contributed by atoms with Gasteiger partial charge < -0.3 is 10.2 Å². The van der Waals surface area contributed by atoms with Gasteiger partial charge in [-0.2, -0.15) is 0 Å². The van der Waals surface area contributed by atoms with Gasteiger partial charge in [-0.3, -0.25) is 9.59 Å². The van der Waals surface area contributed by atoms with Crippen LogP contribution in [0.3, 0.4) is 0 Å². The molecule has 1 aromatic carbocycles. The maximum atomic E-state index is 12.4. The van der Waals surface area contributed by atoms with Gasteiger partial charge in [-0.15, -0.1) is 0 Å². The van der Waals surface area contributed by atoms with E-state index in [1.165, 1.54) is 5.56 Å². The highest BCUT2D eigenvalue weighted by Crippen LogP contribution is 2.20. The molecule has 1 heterocycles. The fraction of sp³-hybridized carbons (Fsp3) is 0.579. The molecule has 0 radical (unpaired) electrons. The minimum absolute atomic E-state index is 0.00668. The van der Waals surface area contributed by atoms with Gasteiger partial charge in [-0.1, -0.05) is 44.2 Å². The molecule has 0 saturated carbocycles. The highest BCUT2D eigenvalue weighted by Gasteiger charge is 2.33. The van der Waals surface area contributed by atoms with Crippen LogP contribution in [0.15, 0.2) is 30.3 Å². The summed E-state index contributed by atoms with van der Waals surface area (Å²) in [5.41, 5.74) is 1.29. The van der Waals surface area contributed by atoms with Gasteiger partial charge in [0.2, 0.25) is 11.8 Å². The maximum absolute atomic E-state index is 12.4. The number of likely N-dealkylation sites (tertiary alicyclic amines) is 1. The lowest BCUT2D eigenvalue weighted by Gasteiger charge is -2.24. The Labute approximate surface area is 139 Å². The molecule has 126 valence electrons. The van der Waals surface area contributed by atoms with Crippen molar-refractivity contribution in [1.82, 2.24) is 10.2 Å². The molecule has 0 aromatic heterocycles. The van der Waals surface area contributed by atoms with Crippen LogP contribution in [0, 0.1) is 0 Å². The third-order valence-electron chi connectivity index (χ3n) is 4.58. The molecular formula is C19H28N2O2. The Morgan fingerprint density at radius 3 is 2.74 bits per heavy atom. The number of hydrogen-bond acceptors (Lipinski definition) is 2. The number of hydrogen-bond donors (Lipinski definition) is 1. The number of nitrogens with one attached hydrogen (secondary N) is 1. The van der Waals surface area contributed by atoms with E-state index < -0.39 is 0 Å². The van der Waals surface area contributed by atoms with Crippen molar-refractivity contribution in [1.29, 1.82) is 0 Å². The van der Waals surface area contributed by atoms with Gasteiger partial charge in [0.1, 0.15) is 6.04 Å². The molecule has 1 aliphatic rings. The van der Waals surface area contributed by atoms with E-state index in [-0.39, 0.29) is 17.9 Å². The summed E-state index contributed by atoms with van der Waals surface area (Å²) in [5, 5.41) is 3.02. The Kier molecular flexibility index (Phi) is 6.63. The Balaban J connectivity index is 1.79. The number of nitrogens with zero attached hydrogens (tertiary/aromatic N) is 1. The lowest BCUT2D eigenvalue weighted by Crippen LogP contribution is -2.46. The van der Waals surface area contributed by atoms with Crippen LogP contribution in [-0.2, 0) is 9.59 Å². The van der Waals surface area contributed by atoms with Crippen LogP contribution in [0.25, 0.3) is 0 Å². The molecule has 2 atom stereocenters. The van der Waals surface area contributed by atoms with E-state index in [4.69, 9.17) is 0 Å². The Morgan fingerprint density at radius 1 is 1.30 bits per heavy atom. The molecule has 0 aliphatic carbocycles. The van der Waals surface area contributed by atoms with Crippen molar-refractivity contribution in [2.45, 2.75) is 57.9 Å². The lowest BCUT2D eigenvalue weighted by molar-refractivity contribution is -0.138. The Morgan fingerprint density at radius 2 is 2.04 bits per heavy atom. The number of carbonyl (C=O) groups is 2. The second kappa shape index (κ2) is 8.70. The van der Waals surface area contributed by atoms with Crippen molar-refractivity contribution in [3.8, 4) is 0 Å². The predicted molar refractivity (Wildman–Crippen MR) is 92.1 cm³/mol. The van der Waals surface area contributed by atoms with E-state index in [0.717, 1.165) is 32.2 Å². The number of amides is 2. The second-order valence-corrected chi connectivity index (χ2v) is 6.39. The smallest absolute Gasteiger partial charge is 0.242 e. The van der Waals surface area contributed by atoms with Crippen molar-refractivity contribution in [3.05, 3.63) is 35.9 Å². The fourth-order valence-electron chi connectivity index (χ4n) is 3.17. The summed E-state index contributed by atoms with van der Waals surface area (Å²) in [7, 11) is 0. The summed E-state index contributed by atoms with van der Waals surface area (Å²) < 4.78 is 0. The minimum Gasteiger partial charge on any atom is -0.354 e. The molecule has 2 unspecified atom stereocenters. The van der Waals surface area contributed by atoms with Gasteiger partial charge in [0.05, 0.1) is 0 Å². The first-order valence-electron chi connectivity index (χ1n) is 8.75. The van der Waals surface area contributed by atoms with Gasteiger partial charge in [-0.25, -0.2) is 0 Å². The molecule has 23 heavy (non-hydrogen) atoms. The van der Waals surface area contributed by atoms with E-state index in [2.05, 4.69) is 24.4 Å². The third-order valence-corrected chi connectivity index (χ3v) is 4.58. The second-order valence-electron chi connectivity index (χ2n) is 6.39. The summed E-state index contributed by atoms with van der Waals surface area (Å²) in [6, 6.07) is 10.1. The minimum atomic E-state index is -0.263. The zero-order valence-electron chi connectivity index (χ0n) is 14.3. The average Bonchev–Trinajstić information content (AvgIpc) is 3.05. The van der Waals surface area contributed by atoms with Crippen molar-refractivity contribution < 1.29 is 9.59 Å². The molecule has 2 amide bonds. The van der Waals surface area contributed by atoms with Crippen LogP contribution in [0.4, 0.5) is 0 Å². The summed E-state index contributed by atoms with van der Waals surface area (Å²) in [6.45, 7) is 5.54. The zero-order chi connectivity index (χ0) is 16.7. The zero-order valence-corrected chi connectivity index (χ0v) is 14.3. The van der Waals surface area contributed by atoms with Gasteiger partial charge in [0, 0.05) is 19.5 Å². The molecular weight excluding hydrogens is 288 g/mol. The molecule has 2 rings (SSSR count). The summed E-state index contributed by atoms with van der Waals surface area (Å²) in [4.78, 5) is 26.2. The highest BCUT2D eigenvalue weighted by atomic mass is 16.2. The molecule has 1 fully saturated rings. The average molecular weight is 316 g/mol. The van der Waals surface area contributed by atoms with Crippen molar-refractivity contribution in [3.63, 3.8) is 0 Å². The predicted octanol–water partition coefficient (Wildman–Crippen LogP) is 3.09. The quantitative estimate of drug-likeness (QED) is 0.840. The molecule has 1 aliphatic heterocycles. The third kappa shape index (κ3) is 4.81. The first-order chi connectivity index (χ1) is 11.1. The topological polar surface area (TPSA) is 49.4 Å². The molecule has 1 saturated heterocycles. The van der Waals surface area contributed by atoms with Gasteiger partial charge in [-0.05, 0) is 37.2 Å². The first-order valence-corrected chi connectivity index (χ1v) is 8.75. The van der Waals surface area contributed by atoms with Crippen LogP contribution in [-0.4, -0.2) is 35.8 Å². The molecule has 0 spiro atoms. The molecule has 1 N–H and O–H groups in total. The fourth-order valence-corrected chi connectivity index (χ4v) is 3.17. The number of rotatable bonds is 7. The largest absolute Gasteiger partial charge is 0.354 e. The summed E-state index contributed by atoms with van der Waals surface area (Å²) in [6.07, 6.45) is 3.99. The van der Waals surface area contributed by atoms with Gasteiger partial charge in [0.25, 0.3) is 0 Å². The van der Waals surface area contributed by atoms with Gasteiger partial charge in [0.15, 0.2) is 0 Å². The van der Waals surface area contributed by atoms with Crippen LogP contribution in [0.1, 0.15) is 57.4 Å². The van der Waals surface area contributed by atoms with Gasteiger partial charge >= 0.3 is 0 Å². The van der Waals surface area contributed by atoms with Crippen LogP contribution >= 0.6 is 0 Å². The van der Waals surface area contributed by atoms with E-state index in [1.54, 1.807) is 4.90 Å². The molecule has 0 bridgehead atoms. The van der Waals surface area contributed by atoms with E-state index >= 15 is 0 Å². The SMILES string of the molecule is CCCC(=O)N1CCCC1C(=O)NCCC(C)c1ccccc1. The van der Waals surface area contributed by atoms with Crippen molar-refractivity contribution in [2.24, 2.45) is 0 Å².